The van der Waals surface area contributed by atoms with Gasteiger partial charge in [0.2, 0.25) is 0 Å². The molecule has 6 nitrogen and oxygen atoms in total. The smallest absolute Gasteiger partial charge is 0.168 e. The highest BCUT2D eigenvalue weighted by atomic mass is 16.5. The third-order valence-corrected chi connectivity index (χ3v) is 5.05. The molecule has 2 aliphatic rings. The second-order valence-electron chi connectivity index (χ2n) is 6.91. The topological polar surface area (TPSA) is 63.7 Å². The van der Waals surface area contributed by atoms with Crippen molar-refractivity contribution in [3.05, 3.63) is 59.3 Å². The van der Waals surface area contributed by atoms with E-state index in [4.69, 9.17) is 9.47 Å². The van der Waals surface area contributed by atoms with Gasteiger partial charge in [0.1, 0.15) is 5.82 Å². The van der Waals surface area contributed by atoms with Crippen molar-refractivity contribution in [2.24, 2.45) is 0 Å². The molecule has 2 saturated heterocycles. The number of nitrogens with zero attached hydrogens (tertiary/aromatic N) is 2. The molecule has 3 heterocycles. The van der Waals surface area contributed by atoms with Gasteiger partial charge in [0.15, 0.2) is 5.78 Å². The van der Waals surface area contributed by atoms with E-state index in [0.29, 0.717) is 12.0 Å². The van der Waals surface area contributed by atoms with Crippen molar-refractivity contribution in [2.45, 2.75) is 12.5 Å². The molecule has 142 valence electrons. The minimum Gasteiger partial charge on any atom is -0.378 e. The van der Waals surface area contributed by atoms with Crippen LogP contribution in [0.15, 0.2) is 42.6 Å². The summed E-state index contributed by atoms with van der Waals surface area (Å²) in [5.41, 5.74) is 2.80. The molecule has 1 unspecified atom stereocenters. The molecule has 27 heavy (non-hydrogen) atoms. The van der Waals surface area contributed by atoms with Crippen LogP contribution in [0.3, 0.4) is 0 Å². The summed E-state index contributed by atoms with van der Waals surface area (Å²) < 4.78 is 11.1. The van der Waals surface area contributed by atoms with Gasteiger partial charge in [-0.15, -0.1) is 0 Å². The van der Waals surface area contributed by atoms with Gasteiger partial charge in [-0.05, 0) is 23.3 Å². The Labute approximate surface area is 159 Å². The Morgan fingerprint density at radius 1 is 1.11 bits per heavy atom. The summed E-state index contributed by atoms with van der Waals surface area (Å²) in [5.74, 6) is 0.986. The van der Waals surface area contributed by atoms with Gasteiger partial charge in [0.25, 0.3) is 0 Å². The number of benzene rings is 1. The first-order chi connectivity index (χ1) is 13.3. The first-order valence-electron chi connectivity index (χ1n) is 9.53. The maximum absolute atomic E-state index is 12.6. The van der Waals surface area contributed by atoms with E-state index in [9.17, 15) is 4.79 Å². The van der Waals surface area contributed by atoms with Crippen molar-refractivity contribution < 1.29 is 14.3 Å². The predicted molar refractivity (Wildman–Crippen MR) is 103 cm³/mol. The molecule has 6 heteroatoms. The molecule has 1 aromatic heterocycles. The SMILES string of the molecule is O=C(Cc1ccc(C2CNCCO2)cc1)c1ccc(N2CCOCC2)nc1. The van der Waals surface area contributed by atoms with Crippen molar-refractivity contribution in [2.75, 3.05) is 50.9 Å². The van der Waals surface area contributed by atoms with Gasteiger partial charge in [-0.3, -0.25) is 4.79 Å². The lowest BCUT2D eigenvalue weighted by Crippen LogP contribution is -2.36. The van der Waals surface area contributed by atoms with Crippen LogP contribution in [-0.2, 0) is 15.9 Å². The molecule has 2 aromatic rings. The molecule has 1 N–H and O–H groups in total. The van der Waals surface area contributed by atoms with Crippen LogP contribution in [-0.4, -0.2) is 56.8 Å². The molecule has 0 bridgehead atoms. The predicted octanol–water partition coefficient (Wildman–Crippen LogP) is 2.00. The highest BCUT2D eigenvalue weighted by molar-refractivity contribution is 5.97. The number of pyridine rings is 1. The lowest BCUT2D eigenvalue weighted by atomic mass is 10.0. The van der Waals surface area contributed by atoms with Crippen molar-refractivity contribution in [3.63, 3.8) is 0 Å². The fraction of sp³-hybridized carbons (Fsp3) is 0.429. The molecular formula is C21H25N3O3. The monoisotopic (exact) mass is 367 g/mol. The van der Waals surface area contributed by atoms with Crippen molar-refractivity contribution in [1.82, 2.24) is 10.3 Å². The van der Waals surface area contributed by atoms with Gasteiger partial charge >= 0.3 is 0 Å². The first kappa shape index (κ1) is 18.1. The van der Waals surface area contributed by atoms with E-state index in [1.54, 1.807) is 6.20 Å². The Balaban J connectivity index is 1.36. The molecule has 2 fully saturated rings. The molecule has 4 rings (SSSR count). The molecule has 0 aliphatic carbocycles. The standard InChI is InChI=1S/C21H25N3O3/c25-19(18-5-6-21(23-14-18)24-8-11-26-12-9-24)13-16-1-3-17(4-2-16)20-15-22-7-10-27-20/h1-6,14,20,22H,7-13,15H2. The number of hydrogen-bond donors (Lipinski definition) is 1. The van der Waals surface area contributed by atoms with Crippen LogP contribution in [0, 0.1) is 0 Å². The number of anilines is 1. The van der Waals surface area contributed by atoms with Gasteiger partial charge < -0.3 is 19.7 Å². The number of rotatable bonds is 5. The quantitative estimate of drug-likeness (QED) is 0.816. The molecule has 2 aliphatic heterocycles. The zero-order chi connectivity index (χ0) is 18.5. The molecule has 0 spiro atoms. The largest absolute Gasteiger partial charge is 0.378 e. The number of carbonyl (C=O) groups excluding carboxylic acids is 1. The average molecular weight is 367 g/mol. The van der Waals surface area contributed by atoms with E-state index >= 15 is 0 Å². The van der Waals surface area contributed by atoms with Gasteiger partial charge in [0.05, 0.1) is 25.9 Å². The highest BCUT2D eigenvalue weighted by Gasteiger charge is 2.16. The number of carbonyl (C=O) groups is 1. The zero-order valence-corrected chi connectivity index (χ0v) is 15.4. The highest BCUT2D eigenvalue weighted by Crippen LogP contribution is 2.20. The van der Waals surface area contributed by atoms with E-state index < -0.39 is 0 Å². The van der Waals surface area contributed by atoms with Crippen LogP contribution in [0.2, 0.25) is 0 Å². The minimum absolute atomic E-state index is 0.0827. The number of ketones is 1. The van der Waals surface area contributed by atoms with Gasteiger partial charge in [-0.1, -0.05) is 24.3 Å². The molecular weight excluding hydrogens is 342 g/mol. The number of morpholine rings is 2. The number of ether oxygens (including phenoxy) is 2. The van der Waals surface area contributed by atoms with Crippen LogP contribution in [0.25, 0.3) is 0 Å². The number of aromatic nitrogens is 1. The number of nitrogens with one attached hydrogen (secondary N) is 1. The maximum Gasteiger partial charge on any atom is 0.168 e. The number of Topliss-reactive ketones (excluding diaryl/α,β-unsaturated/α-hetero) is 1. The van der Waals surface area contributed by atoms with Crippen LogP contribution in [0.1, 0.15) is 27.6 Å². The van der Waals surface area contributed by atoms with E-state index in [1.165, 1.54) is 0 Å². The van der Waals surface area contributed by atoms with Crippen molar-refractivity contribution in [1.29, 1.82) is 0 Å². The first-order valence-corrected chi connectivity index (χ1v) is 9.53. The Morgan fingerprint density at radius 3 is 2.59 bits per heavy atom. The summed E-state index contributed by atoms with van der Waals surface area (Å²) in [6.45, 7) is 5.60. The number of hydrogen-bond acceptors (Lipinski definition) is 6. The molecule has 0 radical (unpaired) electrons. The van der Waals surface area contributed by atoms with Crippen LogP contribution < -0.4 is 10.2 Å². The Morgan fingerprint density at radius 2 is 1.93 bits per heavy atom. The Bertz CT molecular complexity index is 749. The lowest BCUT2D eigenvalue weighted by Gasteiger charge is -2.27. The van der Waals surface area contributed by atoms with Crippen LogP contribution in [0.4, 0.5) is 5.82 Å². The Kier molecular flexibility index (Phi) is 5.77. The fourth-order valence-electron chi connectivity index (χ4n) is 3.45. The van der Waals surface area contributed by atoms with Crippen LogP contribution in [0.5, 0.6) is 0 Å². The fourth-order valence-corrected chi connectivity index (χ4v) is 3.45. The molecule has 0 saturated carbocycles. The van der Waals surface area contributed by atoms with Crippen molar-refractivity contribution >= 4 is 11.6 Å². The third kappa shape index (κ3) is 4.53. The lowest BCUT2D eigenvalue weighted by molar-refractivity contribution is 0.0277. The van der Waals surface area contributed by atoms with Gasteiger partial charge in [-0.2, -0.15) is 0 Å². The summed E-state index contributed by atoms with van der Waals surface area (Å²) >= 11 is 0. The summed E-state index contributed by atoms with van der Waals surface area (Å²) in [6.07, 6.45) is 2.16. The average Bonchev–Trinajstić information content (AvgIpc) is 2.76. The molecule has 1 aromatic carbocycles. The van der Waals surface area contributed by atoms with Gasteiger partial charge in [-0.25, -0.2) is 4.98 Å². The maximum atomic E-state index is 12.6. The van der Waals surface area contributed by atoms with E-state index in [-0.39, 0.29) is 11.9 Å². The zero-order valence-electron chi connectivity index (χ0n) is 15.4. The third-order valence-electron chi connectivity index (χ3n) is 5.05. The summed E-state index contributed by atoms with van der Waals surface area (Å²) in [5, 5.41) is 3.33. The van der Waals surface area contributed by atoms with E-state index in [2.05, 4.69) is 27.3 Å². The molecule has 1 atom stereocenters. The second kappa shape index (κ2) is 8.61. The second-order valence-corrected chi connectivity index (χ2v) is 6.91. The van der Waals surface area contributed by atoms with Gasteiger partial charge in [0, 0.05) is 44.4 Å². The Hall–Kier alpha value is -2.28. The minimum atomic E-state index is 0.0827. The summed E-state index contributed by atoms with van der Waals surface area (Å²) in [4.78, 5) is 19.2. The molecule has 0 amide bonds. The van der Waals surface area contributed by atoms with Crippen LogP contribution >= 0.6 is 0 Å². The van der Waals surface area contributed by atoms with Crippen molar-refractivity contribution in [3.8, 4) is 0 Å². The summed E-state index contributed by atoms with van der Waals surface area (Å²) in [6, 6.07) is 11.9. The normalized spacial score (nSPS) is 20.4. The van der Waals surface area contributed by atoms with E-state index in [0.717, 1.165) is 62.9 Å². The van der Waals surface area contributed by atoms with E-state index in [1.807, 2.05) is 24.3 Å². The summed E-state index contributed by atoms with van der Waals surface area (Å²) in [7, 11) is 0.